The van der Waals surface area contributed by atoms with Gasteiger partial charge in [-0.1, -0.05) is 58.4 Å². The van der Waals surface area contributed by atoms with Crippen molar-refractivity contribution in [3.05, 3.63) is 64.7 Å². The summed E-state index contributed by atoms with van der Waals surface area (Å²) in [5.74, 6) is 1.58. The number of rotatable bonds is 4. The van der Waals surface area contributed by atoms with E-state index in [-0.39, 0.29) is 0 Å². The largest absolute Gasteiger partial charge is 0.492 e. The summed E-state index contributed by atoms with van der Waals surface area (Å²) in [6, 6.07) is 15.2. The highest BCUT2D eigenvalue weighted by Gasteiger charge is 2.20. The standard InChI is InChI=1S/C19H21BrO/c1-14-6-4-9-16(12-20)19(14)21-13-17-10-5-8-15-7-2-3-11-18(15)17/h2-4,6-7,9,11,17H,5,8,10,12-13H2,1H3. The lowest BCUT2D eigenvalue weighted by Gasteiger charge is -2.26. The molecule has 0 N–H and O–H groups in total. The van der Waals surface area contributed by atoms with Crippen molar-refractivity contribution >= 4 is 15.9 Å². The Bertz CT molecular complexity index is 621. The van der Waals surface area contributed by atoms with Gasteiger partial charge in [0.15, 0.2) is 0 Å². The van der Waals surface area contributed by atoms with Crippen molar-refractivity contribution in [1.29, 1.82) is 0 Å². The molecule has 3 rings (SSSR count). The van der Waals surface area contributed by atoms with E-state index in [2.05, 4.69) is 65.3 Å². The lowest BCUT2D eigenvalue weighted by Crippen LogP contribution is -2.17. The van der Waals surface area contributed by atoms with Gasteiger partial charge in [0.2, 0.25) is 0 Å². The summed E-state index contributed by atoms with van der Waals surface area (Å²) >= 11 is 3.55. The Morgan fingerprint density at radius 2 is 2.00 bits per heavy atom. The van der Waals surface area contributed by atoms with Gasteiger partial charge in [-0.05, 0) is 42.9 Å². The predicted molar refractivity (Wildman–Crippen MR) is 91.4 cm³/mol. The normalized spacial score (nSPS) is 17.3. The first-order valence-corrected chi connectivity index (χ1v) is 8.77. The molecule has 1 unspecified atom stereocenters. The number of benzene rings is 2. The van der Waals surface area contributed by atoms with Crippen molar-refractivity contribution in [1.82, 2.24) is 0 Å². The van der Waals surface area contributed by atoms with Gasteiger partial charge in [0.05, 0.1) is 6.61 Å². The highest BCUT2D eigenvalue weighted by molar-refractivity contribution is 9.08. The number of alkyl halides is 1. The molecule has 2 aromatic carbocycles. The molecule has 0 bridgehead atoms. The van der Waals surface area contributed by atoms with Crippen molar-refractivity contribution in [3.63, 3.8) is 0 Å². The third-order valence-electron chi connectivity index (χ3n) is 4.36. The number of hydrogen-bond acceptors (Lipinski definition) is 1. The van der Waals surface area contributed by atoms with E-state index >= 15 is 0 Å². The van der Waals surface area contributed by atoms with Gasteiger partial charge >= 0.3 is 0 Å². The summed E-state index contributed by atoms with van der Waals surface area (Å²) in [7, 11) is 0. The molecule has 0 amide bonds. The van der Waals surface area contributed by atoms with E-state index in [0.29, 0.717) is 5.92 Å². The summed E-state index contributed by atoms with van der Waals surface area (Å²) in [5.41, 5.74) is 5.44. The van der Waals surface area contributed by atoms with E-state index in [0.717, 1.165) is 17.7 Å². The molecule has 1 aliphatic carbocycles. The maximum atomic E-state index is 6.23. The number of halogens is 1. The van der Waals surface area contributed by atoms with Crippen LogP contribution in [-0.4, -0.2) is 6.61 Å². The van der Waals surface area contributed by atoms with E-state index in [1.54, 1.807) is 0 Å². The van der Waals surface area contributed by atoms with Crippen LogP contribution in [0.4, 0.5) is 0 Å². The summed E-state index contributed by atoms with van der Waals surface area (Å²) in [5, 5.41) is 0.839. The Morgan fingerprint density at radius 3 is 2.86 bits per heavy atom. The zero-order chi connectivity index (χ0) is 14.7. The van der Waals surface area contributed by atoms with Gasteiger partial charge < -0.3 is 4.74 Å². The summed E-state index contributed by atoms with van der Waals surface area (Å²) in [6.45, 7) is 2.90. The lowest BCUT2D eigenvalue weighted by atomic mass is 9.83. The van der Waals surface area contributed by atoms with Crippen molar-refractivity contribution in [2.24, 2.45) is 0 Å². The van der Waals surface area contributed by atoms with Gasteiger partial charge in [0.1, 0.15) is 5.75 Å². The predicted octanol–water partition coefficient (Wildman–Crippen LogP) is 5.39. The van der Waals surface area contributed by atoms with Gasteiger partial charge in [-0.25, -0.2) is 0 Å². The molecule has 1 atom stereocenters. The molecule has 21 heavy (non-hydrogen) atoms. The maximum Gasteiger partial charge on any atom is 0.126 e. The smallest absolute Gasteiger partial charge is 0.126 e. The minimum Gasteiger partial charge on any atom is -0.492 e. The SMILES string of the molecule is Cc1cccc(CBr)c1OCC1CCCc2ccccc21. The van der Waals surface area contributed by atoms with Crippen LogP contribution in [0.15, 0.2) is 42.5 Å². The molecule has 0 radical (unpaired) electrons. The van der Waals surface area contributed by atoms with Crippen LogP contribution in [0.5, 0.6) is 5.75 Å². The van der Waals surface area contributed by atoms with Crippen LogP contribution in [0.2, 0.25) is 0 Å². The van der Waals surface area contributed by atoms with Crippen LogP contribution >= 0.6 is 15.9 Å². The Morgan fingerprint density at radius 1 is 1.14 bits per heavy atom. The molecule has 1 nitrogen and oxygen atoms in total. The molecule has 2 heteroatoms. The van der Waals surface area contributed by atoms with Crippen LogP contribution in [0.3, 0.4) is 0 Å². The first kappa shape index (κ1) is 14.6. The molecule has 0 spiro atoms. The van der Waals surface area contributed by atoms with E-state index in [1.807, 2.05) is 0 Å². The molecule has 0 aliphatic heterocycles. The van der Waals surface area contributed by atoms with Crippen LogP contribution < -0.4 is 4.74 Å². The Balaban J connectivity index is 1.78. The highest BCUT2D eigenvalue weighted by Crippen LogP contribution is 2.33. The minimum absolute atomic E-state index is 0.526. The fourth-order valence-electron chi connectivity index (χ4n) is 3.24. The van der Waals surface area contributed by atoms with E-state index in [1.165, 1.54) is 41.5 Å². The summed E-state index contributed by atoms with van der Waals surface area (Å²) in [6.07, 6.45) is 3.71. The molecule has 0 fully saturated rings. The van der Waals surface area contributed by atoms with E-state index in [4.69, 9.17) is 4.74 Å². The zero-order valence-electron chi connectivity index (χ0n) is 12.4. The van der Waals surface area contributed by atoms with Crippen LogP contribution in [0.1, 0.15) is 41.0 Å². The minimum atomic E-state index is 0.526. The zero-order valence-corrected chi connectivity index (χ0v) is 14.0. The number of para-hydroxylation sites is 1. The number of fused-ring (bicyclic) bond motifs is 1. The Kier molecular flexibility index (Phi) is 4.64. The first-order chi connectivity index (χ1) is 10.3. The molecule has 0 aromatic heterocycles. The fraction of sp³-hybridized carbons (Fsp3) is 0.368. The molecule has 2 aromatic rings. The average Bonchev–Trinajstić information content (AvgIpc) is 2.53. The van der Waals surface area contributed by atoms with Crippen molar-refractivity contribution in [2.45, 2.75) is 37.4 Å². The monoisotopic (exact) mass is 344 g/mol. The molecule has 1 aliphatic rings. The Hall–Kier alpha value is -1.28. The molecule has 0 saturated carbocycles. The second kappa shape index (κ2) is 6.65. The van der Waals surface area contributed by atoms with Gasteiger partial charge in [0, 0.05) is 16.8 Å². The quantitative estimate of drug-likeness (QED) is 0.675. The second-order valence-electron chi connectivity index (χ2n) is 5.80. The van der Waals surface area contributed by atoms with Crippen LogP contribution in [0, 0.1) is 6.92 Å². The average molecular weight is 345 g/mol. The fourth-order valence-corrected chi connectivity index (χ4v) is 3.68. The van der Waals surface area contributed by atoms with Gasteiger partial charge in [-0.15, -0.1) is 0 Å². The number of hydrogen-bond donors (Lipinski definition) is 0. The lowest BCUT2D eigenvalue weighted by molar-refractivity contribution is 0.271. The Labute approximate surface area is 135 Å². The van der Waals surface area contributed by atoms with Crippen LogP contribution in [0.25, 0.3) is 0 Å². The van der Waals surface area contributed by atoms with E-state index in [9.17, 15) is 0 Å². The van der Waals surface area contributed by atoms with Crippen LogP contribution in [-0.2, 0) is 11.8 Å². The molecule has 0 heterocycles. The molecular weight excluding hydrogens is 324 g/mol. The number of aryl methyl sites for hydroxylation is 2. The number of ether oxygens (including phenoxy) is 1. The van der Waals surface area contributed by atoms with Gasteiger partial charge in [-0.3, -0.25) is 0 Å². The van der Waals surface area contributed by atoms with Crippen molar-refractivity contribution in [3.8, 4) is 5.75 Å². The van der Waals surface area contributed by atoms with Gasteiger partial charge in [0.25, 0.3) is 0 Å². The van der Waals surface area contributed by atoms with Gasteiger partial charge in [-0.2, -0.15) is 0 Å². The van der Waals surface area contributed by atoms with E-state index < -0.39 is 0 Å². The van der Waals surface area contributed by atoms with Crippen molar-refractivity contribution in [2.75, 3.05) is 6.61 Å². The summed E-state index contributed by atoms with van der Waals surface area (Å²) < 4.78 is 6.23. The topological polar surface area (TPSA) is 9.23 Å². The van der Waals surface area contributed by atoms with Crippen molar-refractivity contribution < 1.29 is 4.74 Å². The highest BCUT2D eigenvalue weighted by atomic mass is 79.9. The molecule has 110 valence electrons. The summed E-state index contributed by atoms with van der Waals surface area (Å²) in [4.78, 5) is 0. The maximum absolute atomic E-state index is 6.23. The second-order valence-corrected chi connectivity index (χ2v) is 6.36. The third kappa shape index (κ3) is 3.16. The molecule has 0 saturated heterocycles. The third-order valence-corrected chi connectivity index (χ3v) is 4.96. The first-order valence-electron chi connectivity index (χ1n) is 7.64. The molecular formula is C19H21BrO.